The van der Waals surface area contributed by atoms with E-state index in [1.54, 1.807) is 0 Å². The fraction of sp³-hybridized carbons (Fsp3) is 0.571. The first-order valence-corrected chi connectivity index (χ1v) is 6.42. The van der Waals surface area contributed by atoms with Gasteiger partial charge in [0.1, 0.15) is 5.75 Å². The van der Waals surface area contributed by atoms with Gasteiger partial charge in [0, 0.05) is 25.4 Å². The van der Waals surface area contributed by atoms with E-state index < -0.39 is 0 Å². The molecule has 94 valence electrons. The number of benzene rings is 1. The fourth-order valence-electron chi connectivity index (χ4n) is 2.37. The van der Waals surface area contributed by atoms with Gasteiger partial charge in [-0.25, -0.2) is 0 Å². The Bertz CT molecular complexity index is 337. The van der Waals surface area contributed by atoms with Crippen LogP contribution in [-0.4, -0.2) is 31.4 Å². The van der Waals surface area contributed by atoms with Crippen molar-refractivity contribution in [2.24, 2.45) is 5.92 Å². The highest BCUT2D eigenvalue weighted by molar-refractivity contribution is 5.49. The maximum atomic E-state index is 9.22. The fourth-order valence-corrected chi connectivity index (χ4v) is 2.37. The summed E-state index contributed by atoms with van der Waals surface area (Å²) in [5, 5.41) is 9.22. The second-order valence-electron chi connectivity index (χ2n) is 4.56. The summed E-state index contributed by atoms with van der Waals surface area (Å²) in [6, 6.07) is 8.23. The quantitative estimate of drug-likeness (QED) is 0.869. The number of aliphatic hydroxyl groups excluding tert-OH is 1. The Hall–Kier alpha value is -1.22. The summed E-state index contributed by atoms with van der Waals surface area (Å²) in [7, 11) is 0. The van der Waals surface area contributed by atoms with E-state index >= 15 is 0 Å². The van der Waals surface area contributed by atoms with Crippen LogP contribution in [0.25, 0.3) is 0 Å². The molecule has 0 aromatic heterocycles. The van der Waals surface area contributed by atoms with E-state index in [-0.39, 0.29) is 0 Å². The van der Waals surface area contributed by atoms with Crippen molar-refractivity contribution in [1.29, 1.82) is 0 Å². The van der Waals surface area contributed by atoms with Crippen LogP contribution in [0.1, 0.15) is 19.8 Å². The molecule has 0 aliphatic carbocycles. The molecule has 3 heteroatoms. The molecule has 1 saturated heterocycles. The summed E-state index contributed by atoms with van der Waals surface area (Å²) in [6.07, 6.45) is 2.31. The SMILES string of the molecule is CCOc1ccc(N2CCCC(CO)C2)cc1. The minimum Gasteiger partial charge on any atom is -0.494 e. The maximum Gasteiger partial charge on any atom is 0.119 e. The summed E-state index contributed by atoms with van der Waals surface area (Å²) < 4.78 is 5.43. The van der Waals surface area contributed by atoms with Gasteiger partial charge in [0.15, 0.2) is 0 Å². The molecule has 1 atom stereocenters. The van der Waals surface area contributed by atoms with Crippen LogP contribution in [0.4, 0.5) is 5.69 Å². The van der Waals surface area contributed by atoms with Gasteiger partial charge in [0.2, 0.25) is 0 Å². The molecule has 3 nitrogen and oxygen atoms in total. The predicted molar refractivity (Wildman–Crippen MR) is 69.6 cm³/mol. The van der Waals surface area contributed by atoms with Crippen LogP contribution in [0, 0.1) is 5.92 Å². The first-order chi connectivity index (χ1) is 8.33. The first-order valence-electron chi connectivity index (χ1n) is 6.42. The zero-order valence-electron chi connectivity index (χ0n) is 10.4. The van der Waals surface area contributed by atoms with Crippen LogP contribution in [0.5, 0.6) is 5.75 Å². The highest BCUT2D eigenvalue weighted by atomic mass is 16.5. The Morgan fingerprint density at radius 2 is 2.12 bits per heavy atom. The van der Waals surface area contributed by atoms with Gasteiger partial charge in [0.05, 0.1) is 6.61 Å². The highest BCUT2D eigenvalue weighted by Crippen LogP contribution is 2.24. The van der Waals surface area contributed by atoms with E-state index in [0.717, 1.165) is 25.3 Å². The van der Waals surface area contributed by atoms with Gasteiger partial charge < -0.3 is 14.7 Å². The molecule has 0 radical (unpaired) electrons. The van der Waals surface area contributed by atoms with Gasteiger partial charge in [0.25, 0.3) is 0 Å². The standard InChI is InChI=1S/C14H21NO2/c1-2-17-14-7-5-13(6-8-14)15-9-3-4-12(10-15)11-16/h5-8,12,16H,2-4,9-11H2,1H3. The molecule has 1 fully saturated rings. The van der Waals surface area contributed by atoms with Crippen molar-refractivity contribution in [2.45, 2.75) is 19.8 Å². The zero-order chi connectivity index (χ0) is 12.1. The monoisotopic (exact) mass is 235 g/mol. The summed E-state index contributed by atoms with van der Waals surface area (Å²) in [4.78, 5) is 2.35. The van der Waals surface area contributed by atoms with Gasteiger partial charge >= 0.3 is 0 Å². The second kappa shape index (κ2) is 5.92. The van der Waals surface area contributed by atoms with Crippen molar-refractivity contribution >= 4 is 5.69 Å². The lowest BCUT2D eigenvalue weighted by atomic mass is 9.98. The minimum atomic E-state index is 0.299. The van der Waals surface area contributed by atoms with Crippen LogP contribution >= 0.6 is 0 Å². The number of piperidine rings is 1. The molecule has 17 heavy (non-hydrogen) atoms. The molecule has 0 amide bonds. The summed E-state index contributed by atoms with van der Waals surface area (Å²) >= 11 is 0. The third-order valence-electron chi connectivity index (χ3n) is 3.29. The van der Waals surface area contributed by atoms with Crippen LogP contribution in [-0.2, 0) is 0 Å². The molecule has 1 aromatic rings. The van der Waals surface area contributed by atoms with Crippen molar-refractivity contribution in [1.82, 2.24) is 0 Å². The zero-order valence-corrected chi connectivity index (χ0v) is 10.4. The van der Waals surface area contributed by atoms with E-state index in [1.807, 2.05) is 19.1 Å². The molecular formula is C14H21NO2. The van der Waals surface area contributed by atoms with Crippen molar-refractivity contribution in [3.05, 3.63) is 24.3 Å². The Balaban J connectivity index is 2.01. The van der Waals surface area contributed by atoms with Gasteiger partial charge in [-0.05, 0) is 49.9 Å². The van der Waals surface area contributed by atoms with E-state index in [9.17, 15) is 5.11 Å². The first kappa shape index (κ1) is 12.2. The molecule has 1 aromatic carbocycles. The number of aliphatic hydroxyl groups is 1. The summed E-state index contributed by atoms with van der Waals surface area (Å²) in [5.74, 6) is 1.35. The average molecular weight is 235 g/mol. The summed E-state index contributed by atoms with van der Waals surface area (Å²) in [5.41, 5.74) is 1.23. The van der Waals surface area contributed by atoms with E-state index in [4.69, 9.17) is 4.74 Å². The lowest BCUT2D eigenvalue weighted by Gasteiger charge is -2.33. The highest BCUT2D eigenvalue weighted by Gasteiger charge is 2.19. The average Bonchev–Trinajstić information content (AvgIpc) is 2.40. The van der Waals surface area contributed by atoms with E-state index in [0.29, 0.717) is 19.1 Å². The number of nitrogens with zero attached hydrogens (tertiary/aromatic N) is 1. The van der Waals surface area contributed by atoms with E-state index in [1.165, 1.54) is 12.1 Å². The largest absolute Gasteiger partial charge is 0.494 e. The van der Waals surface area contributed by atoms with Crippen molar-refractivity contribution in [3.63, 3.8) is 0 Å². The third kappa shape index (κ3) is 3.13. The Morgan fingerprint density at radius 3 is 2.76 bits per heavy atom. The van der Waals surface area contributed by atoms with Crippen molar-refractivity contribution in [2.75, 3.05) is 31.2 Å². The molecule has 1 N–H and O–H groups in total. The molecule has 1 unspecified atom stereocenters. The van der Waals surface area contributed by atoms with Gasteiger partial charge in [-0.3, -0.25) is 0 Å². The van der Waals surface area contributed by atoms with E-state index in [2.05, 4.69) is 17.0 Å². The number of ether oxygens (including phenoxy) is 1. The molecule has 1 heterocycles. The molecule has 1 aliphatic heterocycles. The number of hydrogen-bond acceptors (Lipinski definition) is 3. The van der Waals surface area contributed by atoms with Crippen molar-refractivity contribution < 1.29 is 9.84 Å². The number of rotatable bonds is 4. The molecule has 0 saturated carbocycles. The molecule has 1 aliphatic rings. The Morgan fingerprint density at radius 1 is 1.35 bits per heavy atom. The number of hydrogen-bond donors (Lipinski definition) is 1. The van der Waals surface area contributed by atoms with Crippen LogP contribution in [0.2, 0.25) is 0 Å². The third-order valence-corrected chi connectivity index (χ3v) is 3.29. The van der Waals surface area contributed by atoms with Gasteiger partial charge in [-0.1, -0.05) is 0 Å². The normalized spacial score (nSPS) is 20.4. The lowest BCUT2D eigenvalue weighted by molar-refractivity contribution is 0.208. The van der Waals surface area contributed by atoms with Gasteiger partial charge in [-0.2, -0.15) is 0 Å². The maximum absolute atomic E-state index is 9.22. The van der Waals surface area contributed by atoms with Crippen molar-refractivity contribution in [3.8, 4) is 5.75 Å². The van der Waals surface area contributed by atoms with Gasteiger partial charge in [-0.15, -0.1) is 0 Å². The topological polar surface area (TPSA) is 32.7 Å². The smallest absolute Gasteiger partial charge is 0.119 e. The molecular weight excluding hydrogens is 214 g/mol. The number of anilines is 1. The molecule has 2 rings (SSSR count). The minimum absolute atomic E-state index is 0.299. The van der Waals surface area contributed by atoms with Crippen LogP contribution < -0.4 is 9.64 Å². The molecule has 0 spiro atoms. The Labute approximate surface area is 103 Å². The van der Waals surface area contributed by atoms with Crippen LogP contribution in [0.3, 0.4) is 0 Å². The lowest BCUT2D eigenvalue weighted by Crippen LogP contribution is -2.36. The predicted octanol–water partition coefficient (Wildman–Crippen LogP) is 2.29. The second-order valence-corrected chi connectivity index (χ2v) is 4.56. The van der Waals surface area contributed by atoms with Crippen LogP contribution in [0.15, 0.2) is 24.3 Å². The molecule has 0 bridgehead atoms. The Kier molecular flexibility index (Phi) is 4.26. The summed E-state index contributed by atoms with van der Waals surface area (Å²) in [6.45, 7) is 5.04.